The lowest BCUT2D eigenvalue weighted by Crippen LogP contribution is -2.24. The van der Waals surface area contributed by atoms with Gasteiger partial charge in [0.25, 0.3) is 0 Å². The summed E-state index contributed by atoms with van der Waals surface area (Å²) in [5.41, 5.74) is 8.55. The molecule has 1 aliphatic rings. The first kappa shape index (κ1) is 15.8. The number of benzene rings is 1. The summed E-state index contributed by atoms with van der Waals surface area (Å²) in [6.45, 7) is 6.76. The van der Waals surface area contributed by atoms with Crippen molar-refractivity contribution in [3.05, 3.63) is 28.2 Å². The van der Waals surface area contributed by atoms with Crippen molar-refractivity contribution < 1.29 is 0 Å². The van der Waals surface area contributed by atoms with E-state index in [0.717, 1.165) is 12.3 Å². The Hall–Kier alpha value is -0.540. The number of rotatable bonds is 4. The number of nitrogens with zero attached hydrogens (tertiary/aromatic N) is 1. The molecule has 3 heteroatoms. The fraction of sp³-hybridized carbons (Fsp3) is 0.647. The highest BCUT2D eigenvalue weighted by Gasteiger charge is 2.16. The maximum Gasteiger partial charge on any atom is 0.0377 e. The molecule has 20 heavy (non-hydrogen) atoms. The van der Waals surface area contributed by atoms with E-state index in [4.69, 9.17) is 5.73 Å². The summed E-state index contributed by atoms with van der Waals surface area (Å²) in [6, 6.07) is 6.96. The Morgan fingerprint density at radius 2 is 2.15 bits per heavy atom. The lowest BCUT2D eigenvalue weighted by atomic mass is 9.98. The van der Waals surface area contributed by atoms with Crippen LogP contribution in [0, 0.1) is 5.92 Å². The maximum atomic E-state index is 5.89. The number of halogens is 1. The molecule has 2 atom stereocenters. The third-order valence-electron chi connectivity index (χ3n) is 4.37. The second kappa shape index (κ2) is 7.46. The molecule has 0 radical (unpaired) electrons. The van der Waals surface area contributed by atoms with E-state index in [9.17, 15) is 0 Å². The third kappa shape index (κ3) is 4.23. The van der Waals surface area contributed by atoms with Crippen molar-refractivity contribution in [3.8, 4) is 0 Å². The first-order chi connectivity index (χ1) is 9.60. The van der Waals surface area contributed by atoms with E-state index in [1.54, 1.807) is 0 Å². The first-order valence-electron chi connectivity index (χ1n) is 7.89. The fourth-order valence-corrected chi connectivity index (χ4v) is 3.61. The second-order valence-electron chi connectivity index (χ2n) is 6.15. The van der Waals surface area contributed by atoms with Gasteiger partial charge in [-0.15, -0.1) is 0 Å². The number of nitrogens with two attached hydrogens (primary N) is 1. The fourth-order valence-electron chi connectivity index (χ4n) is 3.08. The topological polar surface area (TPSA) is 29.3 Å². The molecule has 2 N–H and O–H groups in total. The summed E-state index contributed by atoms with van der Waals surface area (Å²) in [5, 5.41) is 0. The Morgan fingerprint density at radius 3 is 2.80 bits per heavy atom. The molecule has 1 aromatic rings. The van der Waals surface area contributed by atoms with E-state index >= 15 is 0 Å². The molecule has 0 aliphatic carbocycles. The SMILES string of the molecule is CCC1CCCN(c2ccc(CC(C)N)c(Br)c2)CC1. The minimum atomic E-state index is 0.209. The van der Waals surface area contributed by atoms with Crippen molar-refractivity contribution in [2.45, 2.75) is 52.0 Å². The van der Waals surface area contributed by atoms with Crippen molar-refractivity contribution in [2.24, 2.45) is 11.7 Å². The minimum Gasteiger partial charge on any atom is -0.371 e. The van der Waals surface area contributed by atoms with Crippen LogP contribution in [0.3, 0.4) is 0 Å². The molecule has 0 saturated carbocycles. The summed E-state index contributed by atoms with van der Waals surface area (Å²) in [5.74, 6) is 0.917. The average molecular weight is 339 g/mol. The van der Waals surface area contributed by atoms with Gasteiger partial charge in [-0.25, -0.2) is 0 Å². The monoisotopic (exact) mass is 338 g/mol. The quantitative estimate of drug-likeness (QED) is 0.883. The van der Waals surface area contributed by atoms with Gasteiger partial charge in [-0.3, -0.25) is 0 Å². The van der Waals surface area contributed by atoms with Crippen LogP contribution in [0.25, 0.3) is 0 Å². The standard InChI is InChI=1S/C17H27BrN2/c1-3-14-5-4-9-20(10-8-14)16-7-6-15(11-13(2)19)17(18)12-16/h6-7,12-14H,3-5,8-11,19H2,1-2H3. The van der Waals surface area contributed by atoms with Crippen LogP contribution in [-0.2, 0) is 6.42 Å². The molecule has 2 nitrogen and oxygen atoms in total. The van der Waals surface area contributed by atoms with Crippen LogP contribution in [0.15, 0.2) is 22.7 Å². The minimum absolute atomic E-state index is 0.209. The molecule has 0 spiro atoms. The van der Waals surface area contributed by atoms with Crippen LogP contribution in [0.5, 0.6) is 0 Å². The van der Waals surface area contributed by atoms with E-state index in [1.807, 2.05) is 0 Å². The van der Waals surface area contributed by atoms with Gasteiger partial charge in [-0.05, 0) is 56.2 Å². The van der Waals surface area contributed by atoms with E-state index in [-0.39, 0.29) is 6.04 Å². The van der Waals surface area contributed by atoms with Gasteiger partial charge >= 0.3 is 0 Å². The van der Waals surface area contributed by atoms with E-state index in [1.165, 1.54) is 54.5 Å². The molecule has 1 saturated heterocycles. The molecular weight excluding hydrogens is 312 g/mol. The Kier molecular flexibility index (Phi) is 5.91. The lowest BCUT2D eigenvalue weighted by Gasteiger charge is -2.24. The number of anilines is 1. The summed E-state index contributed by atoms with van der Waals surface area (Å²) in [4.78, 5) is 2.54. The smallest absolute Gasteiger partial charge is 0.0377 e. The first-order valence-corrected chi connectivity index (χ1v) is 8.68. The van der Waals surface area contributed by atoms with E-state index in [0.29, 0.717) is 0 Å². The highest BCUT2D eigenvalue weighted by molar-refractivity contribution is 9.10. The summed E-state index contributed by atoms with van der Waals surface area (Å²) < 4.78 is 1.20. The Bertz CT molecular complexity index is 431. The molecule has 0 amide bonds. The zero-order valence-electron chi connectivity index (χ0n) is 12.7. The van der Waals surface area contributed by atoms with Gasteiger partial charge in [0.05, 0.1) is 0 Å². The van der Waals surface area contributed by atoms with Gasteiger partial charge in [-0.1, -0.05) is 35.3 Å². The molecular formula is C17H27BrN2. The molecule has 1 fully saturated rings. The predicted molar refractivity (Wildman–Crippen MR) is 91.3 cm³/mol. The predicted octanol–water partition coefficient (Wildman–Crippen LogP) is 4.36. The van der Waals surface area contributed by atoms with Gasteiger partial charge in [0.2, 0.25) is 0 Å². The van der Waals surface area contributed by atoms with Crippen LogP contribution >= 0.6 is 15.9 Å². The molecule has 2 unspecified atom stereocenters. The second-order valence-corrected chi connectivity index (χ2v) is 7.00. The van der Waals surface area contributed by atoms with Gasteiger partial charge < -0.3 is 10.6 Å². The molecule has 1 heterocycles. The van der Waals surface area contributed by atoms with Crippen LogP contribution in [0.2, 0.25) is 0 Å². The zero-order valence-corrected chi connectivity index (χ0v) is 14.3. The van der Waals surface area contributed by atoms with E-state index < -0.39 is 0 Å². The van der Waals surface area contributed by atoms with Crippen LogP contribution in [0.1, 0.15) is 45.1 Å². The molecule has 112 valence electrons. The van der Waals surface area contributed by atoms with Gasteiger partial charge in [-0.2, -0.15) is 0 Å². The van der Waals surface area contributed by atoms with Crippen LogP contribution < -0.4 is 10.6 Å². The number of hydrogen-bond acceptors (Lipinski definition) is 2. The highest BCUT2D eigenvalue weighted by Crippen LogP contribution is 2.28. The highest BCUT2D eigenvalue weighted by atomic mass is 79.9. The van der Waals surface area contributed by atoms with Crippen molar-refractivity contribution >= 4 is 21.6 Å². The van der Waals surface area contributed by atoms with Crippen molar-refractivity contribution in [1.82, 2.24) is 0 Å². The van der Waals surface area contributed by atoms with Crippen LogP contribution in [0.4, 0.5) is 5.69 Å². The molecule has 2 rings (SSSR count). The Balaban J connectivity index is 2.07. The summed E-state index contributed by atoms with van der Waals surface area (Å²) in [7, 11) is 0. The molecule has 0 bridgehead atoms. The normalized spacial score (nSPS) is 21.6. The summed E-state index contributed by atoms with van der Waals surface area (Å²) in [6.07, 6.45) is 6.29. The van der Waals surface area contributed by atoms with Gasteiger partial charge in [0.15, 0.2) is 0 Å². The molecule has 1 aliphatic heterocycles. The third-order valence-corrected chi connectivity index (χ3v) is 5.11. The Labute approximate surface area is 131 Å². The molecule has 1 aromatic carbocycles. The van der Waals surface area contributed by atoms with Crippen molar-refractivity contribution in [1.29, 1.82) is 0 Å². The number of hydrogen-bond donors (Lipinski definition) is 1. The van der Waals surface area contributed by atoms with Gasteiger partial charge in [0, 0.05) is 29.3 Å². The molecule has 0 aromatic heterocycles. The average Bonchev–Trinajstić information content (AvgIpc) is 2.66. The van der Waals surface area contributed by atoms with Crippen LogP contribution in [-0.4, -0.2) is 19.1 Å². The van der Waals surface area contributed by atoms with E-state index in [2.05, 4.69) is 52.9 Å². The Morgan fingerprint density at radius 1 is 1.35 bits per heavy atom. The van der Waals surface area contributed by atoms with Crippen molar-refractivity contribution in [3.63, 3.8) is 0 Å². The largest absolute Gasteiger partial charge is 0.371 e. The lowest BCUT2D eigenvalue weighted by molar-refractivity contribution is 0.459. The van der Waals surface area contributed by atoms with Gasteiger partial charge in [0.1, 0.15) is 0 Å². The zero-order chi connectivity index (χ0) is 14.5. The van der Waals surface area contributed by atoms with Crippen molar-refractivity contribution in [2.75, 3.05) is 18.0 Å². The maximum absolute atomic E-state index is 5.89. The summed E-state index contributed by atoms with van der Waals surface area (Å²) >= 11 is 3.71.